The Morgan fingerprint density at radius 3 is 2.22 bits per heavy atom. The van der Waals surface area contributed by atoms with Crippen LogP contribution in [0.2, 0.25) is 10.0 Å². The van der Waals surface area contributed by atoms with Crippen molar-refractivity contribution >= 4 is 40.9 Å². The number of ether oxygens (including phenoxy) is 2. The van der Waals surface area contributed by atoms with Crippen LogP contribution in [0.1, 0.15) is 19.4 Å². The van der Waals surface area contributed by atoms with Crippen molar-refractivity contribution in [1.29, 1.82) is 5.26 Å². The van der Waals surface area contributed by atoms with Gasteiger partial charge in [0.05, 0.1) is 23.3 Å². The standard InChI is InChI=1S/C20H18Cl2N2O3/c1-3-26-16-7-5-15(6-8-16)24-20(25)14(12-23)9-13-10-17(21)19(27-4-2)18(22)11-13/h5-11H,3-4H2,1-2H3,(H,24,25)/b14-9-. The highest BCUT2D eigenvalue weighted by Crippen LogP contribution is 2.34. The van der Waals surface area contributed by atoms with Crippen LogP contribution in [-0.4, -0.2) is 19.1 Å². The molecular weight excluding hydrogens is 387 g/mol. The van der Waals surface area contributed by atoms with Gasteiger partial charge in [0, 0.05) is 5.69 Å². The molecule has 2 rings (SSSR count). The molecular formula is C20H18Cl2N2O3. The number of amides is 1. The summed E-state index contributed by atoms with van der Waals surface area (Å²) >= 11 is 12.3. The Hall–Kier alpha value is -2.68. The number of nitriles is 1. The van der Waals surface area contributed by atoms with E-state index in [1.54, 1.807) is 36.4 Å². The van der Waals surface area contributed by atoms with Crippen LogP contribution in [0.4, 0.5) is 5.69 Å². The van der Waals surface area contributed by atoms with E-state index in [-0.39, 0.29) is 5.57 Å². The molecule has 0 fully saturated rings. The summed E-state index contributed by atoms with van der Waals surface area (Å²) in [6, 6.07) is 11.9. The third-order valence-corrected chi connectivity index (χ3v) is 3.97. The summed E-state index contributed by atoms with van der Waals surface area (Å²) in [5.41, 5.74) is 0.986. The van der Waals surface area contributed by atoms with Crippen molar-refractivity contribution < 1.29 is 14.3 Å². The number of anilines is 1. The summed E-state index contributed by atoms with van der Waals surface area (Å²) in [5, 5.41) is 12.6. The number of benzene rings is 2. The fraction of sp³-hybridized carbons (Fsp3) is 0.200. The smallest absolute Gasteiger partial charge is 0.266 e. The summed E-state index contributed by atoms with van der Waals surface area (Å²) in [4.78, 5) is 12.4. The van der Waals surface area contributed by atoms with Gasteiger partial charge in [-0.25, -0.2) is 0 Å². The zero-order chi connectivity index (χ0) is 19.8. The Labute approximate surface area is 168 Å². The average Bonchev–Trinajstić information content (AvgIpc) is 2.64. The van der Waals surface area contributed by atoms with Crippen LogP contribution >= 0.6 is 23.2 Å². The van der Waals surface area contributed by atoms with Gasteiger partial charge in [0.25, 0.3) is 5.91 Å². The minimum Gasteiger partial charge on any atom is -0.494 e. The van der Waals surface area contributed by atoms with Gasteiger partial charge in [0.2, 0.25) is 0 Å². The first-order valence-corrected chi connectivity index (χ1v) is 9.01. The molecule has 0 aliphatic heterocycles. The van der Waals surface area contributed by atoms with Crippen molar-refractivity contribution in [2.75, 3.05) is 18.5 Å². The maximum absolute atomic E-state index is 12.4. The second kappa shape index (κ2) is 9.86. The van der Waals surface area contributed by atoms with Crippen molar-refractivity contribution in [3.8, 4) is 17.6 Å². The number of hydrogen-bond acceptors (Lipinski definition) is 4. The average molecular weight is 405 g/mol. The van der Waals surface area contributed by atoms with E-state index in [0.29, 0.717) is 46.0 Å². The monoisotopic (exact) mass is 404 g/mol. The van der Waals surface area contributed by atoms with Gasteiger partial charge in [-0.15, -0.1) is 0 Å². The second-order valence-corrected chi connectivity index (χ2v) is 6.14. The van der Waals surface area contributed by atoms with Crippen LogP contribution in [0.3, 0.4) is 0 Å². The number of carbonyl (C=O) groups excluding carboxylic acids is 1. The number of halogens is 2. The summed E-state index contributed by atoms with van der Waals surface area (Å²) < 4.78 is 10.7. The molecule has 27 heavy (non-hydrogen) atoms. The molecule has 0 radical (unpaired) electrons. The third-order valence-electron chi connectivity index (χ3n) is 3.41. The van der Waals surface area contributed by atoms with Gasteiger partial charge in [-0.05, 0) is 61.9 Å². The molecule has 0 spiro atoms. The number of carbonyl (C=O) groups is 1. The second-order valence-electron chi connectivity index (χ2n) is 5.33. The zero-order valence-electron chi connectivity index (χ0n) is 14.9. The van der Waals surface area contributed by atoms with Gasteiger partial charge in [-0.3, -0.25) is 4.79 Å². The van der Waals surface area contributed by atoms with E-state index in [1.165, 1.54) is 6.08 Å². The van der Waals surface area contributed by atoms with Gasteiger partial charge in [0.1, 0.15) is 17.4 Å². The first-order chi connectivity index (χ1) is 13.0. The number of nitrogens with zero attached hydrogens (tertiary/aromatic N) is 1. The first-order valence-electron chi connectivity index (χ1n) is 8.26. The van der Waals surface area contributed by atoms with E-state index >= 15 is 0 Å². The Kier molecular flexibility index (Phi) is 7.54. The predicted molar refractivity (Wildman–Crippen MR) is 107 cm³/mol. The lowest BCUT2D eigenvalue weighted by atomic mass is 10.1. The highest BCUT2D eigenvalue weighted by atomic mass is 35.5. The Morgan fingerprint density at radius 2 is 1.70 bits per heavy atom. The molecule has 0 heterocycles. The molecule has 0 aromatic heterocycles. The largest absolute Gasteiger partial charge is 0.494 e. The summed E-state index contributed by atoms with van der Waals surface area (Å²) in [6.45, 7) is 4.68. The number of hydrogen-bond donors (Lipinski definition) is 1. The maximum atomic E-state index is 12.4. The molecule has 1 amide bonds. The molecule has 1 N–H and O–H groups in total. The fourth-order valence-electron chi connectivity index (χ4n) is 2.26. The molecule has 2 aromatic rings. The highest BCUT2D eigenvalue weighted by molar-refractivity contribution is 6.37. The van der Waals surface area contributed by atoms with Crippen molar-refractivity contribution in [3.63, 3.8) is 0 Å². The predicted octanol–water partition coefficient (Wildman–Crippen LogP) is 5.34. The van der Waals surface area contributed by atoms with E-state index in [1.807, 2.05) is 19.9 Å². The van der Waals surface area contributed by atoms with Gasteiger partial charge in [-0.2, -0.15) is 5.26 Å². The van der Waals surface area contributed by atoms with Gasteiger partial charge in [0.15, 0.2) is 5.75 Å². The van der Waals surface area contributed by atoms with Crippen LogP contribution < -0.4 is 14.8 Å². The van der Waals surface area contributed by atoms with Crippen molar-refractivity contribution in [2.45, 2.75) is 13.8 Å². The van der Waals surface area contributed by atoms with Gasteiger partial charge >= 0.3 is 0 Å². The number of rotatable bonds is 7. The van der Waals surface area contributed by atoms with Crippen LogP contribution in [0.5, 0.6) is 11.5 Å². The maximum Gasteiger partial charge on any atom is 0.266 e. The first kappa shape index (κ1) is 20.6. The van der Waals surface area contributed by atoms with Crippen molar-refractivity contribution in [2.24, 2.45) is 0 Å². The van der Waals surface area contributed by atoms with Crippen LogP contribution in [0.15, 0.2) is 42.0 Å². The molecule has 0 saturated heterocycles. The van der Waals surface area contributed by atoms with Gasteiger partial charge < -0.3 is 14.8 Å². The summed E-state index contributed by atoms with van der Waals surface area (Å²) in [7, 11) is 0. The van der Waals surface area contributed by atoms with E-state index in [4.69, 9.17) is 32.7 Å². The van der Waals surface area contributed by atoms with Crippen LogP contribution in [-0.2, 0) is 4.79 Å². The minimum atomic E-state index is -0.539. The summed E-state index contributed by atoms with van der Waals surface area (Å²) in [6.07, 6.45) is 1.41. The quantitative estimate of drug-likeness (QED) is 0.499. The molecule has 0 atom stereocenters. The van der Waals surface area contributed by atoms with E-state index in [0.717, 1.165) is 0 Å². The molecule has 0 aliphatic rings. The van der Waals surface area contributed by atoms with E-state index in [9.17, 15) is 10.1 Å². The van der Waals surface area contributed by atoms with Crippen LogP contribution in [0, 0.1) is 11.3 Å². The topological polar surface area (TPSA) is 71.3 Å². The lowest BCUT2D eigenvalue weighted by Crippen LogP contribution is -2.13. The molecule has 140 valence electrons. The fourth-order valence-corrected chi connectivity index (χ4v) is 2.87. The lowest BCUT2D eigenvalue weighted by Gasteiger charge is -2.09. The van der Waals surface area contributed by atoms with Crippen molar-refractivity contribution in [3.05, 3.63) is 57.6 Å². The SMILES string of the molecule is CCOc1ccc(NC(=O)/C(C#N)=C\c2cc(Cl)c(OCC)c(Cl)c2)cc1. The molecule has 0 aliphatic carbocycles. The normalized spacial score (nSPS) is 10.9. The van der Waals surface area contributed by atoms with Crippen LogP contribution in [0.25, 0.3) is 6.08 Å². The summed E-state index contributed by atoms with van der Waals surface area (Å²) in [5.74, 6) is 0.531. The zero-order valence-corrected chi connectivity index (χ0v) is 16.4. The minimum absolute atomic E-state index is 0.0832. The highest BCUT2D eigenvalue weighted by Gasteiger charge is 2.13. The van der Waals surface area contributed by atoms with Gasteiger partial charge in [-0.1, -0.05) is 23.2 Å². The van der Waals surface area contributed by atoms with E-state index in [2.05, 4.69) is 5.32 Å². The van der Waals surface area contributed by atoms with E-state index < -0.39 is 5.91 Å². The Bertz CT molecular complexity index is 864. The molecule has 2 aromatic carbocycles. The Morgan fingerprint density at radius 1 is 1.11 bits per heavy atom. The molecule has 0 unspecified atom stereocenters. The number of nitrogens with one attached hydrogen (secondary N) is 1. The lowest BCUT2D eigenvalue weighted by molar-refractivity contribution is -0.112. The molecule has 0 bridgehead atoms. The van der Waals surface area contributed by atoms with Crippen molar-refractivity contribution in [1.82, 2.24) is 0 Å². The molecule has 5 nitrogen and oxygen atoms in total. The molecule has 7 heteroatoms. The third kappa shape index (κ3) is 5.65. The molecule has 0 saturated carbocycles. The Balaban J connectivity index is 2.20.